The van der Waals surface area contributed by atoms with Gasteiger partial charge in [-0.25, -0.2) is 0 Å². The van der Waals surface area contributed by atoms with Crippen LogP contribution in [0.15, 0.2) is 54.6 Å². The summed E-state index contributed by atoms with van der Waals surface area (Å²) in [5.74, 6) is -0.432. The van der Waals surface area contributed by atoms with E-state index in [1.165, 1.54) is 24.3 Å². The van der Waals surface area contributed by atoms with Crippen molar-refractivity contribution in [2.75, 3.05) is 19.7 Å². The van der Waals surface area contributed by atoms with Crippen LogP contribution in [0.4, 0.5) is 8.78 Å². The molecule has 0 aliphatic carbocycles. The van der Waals surface area contributed by atoms with Gasteiger partial charge in [0.2, 0.25) is 11.8 Å². The van der Waals surface area contributed by atoms with Crippen molar-refractivity contribution < 1.29 is 27.8 Å². The van der Waals surface area contributed by atoms with Gasteiger partial charge in [0.1, 0.15) is 6.04 Å². The third kappa shape index (κ3) is 7.30. The molecule has 1 atom stereocenters. The molecule has 6 nitrogen and oxygen atoms in total. The molecule has 2 aromatic rings. The molecule has 0 bridgehead atoms. The molecule has 1 aliphatic heterocycles. The molecule has 1 aliphatic rings. The average Bonchev–Trinajstić information content (AvgIpc) is 3.34. The maximum absolute atomic E-state index is 13.0. The van der Waals surface area contributed by atoms with E-state index in [9.17, 15) is 18.4 Å². The standard InChI is InChI=1S/C25H28F2N2O4/c1-2-32-22-17-19(10-12-21(22)33-25(26)27)11-13-23(30)28-20(16-18-8-4-3-5-9-18)24(31)29-14-6-7-15-29/h3-5,8-13,17,20,25H,2,6-7,14-16H2,1H3,(H,28,30)/b13-11+/t20-/m0/s1. The molecule has 1 heterocycles. The van der Waals surface area contributed by atoms with Crippen LogP contribution in [0, 0.1) is 0 Å². The number of ether oxygens (including phenoxy) is 2. The minimum absolute atomic E-state index is 0.0763. The quantitative estimate of drug-likeness (QED) is 0.546. The van der Waals surface area contributed by atoms with Gasteiger partial charge in [-0.3, -0.25) is 9.59 Å². The molecule has 33 heavy (non-hydrogen) atoms. The van der Waals surface area contributed by atoms with Crippen molar-refractivity contribution in [1.82, 2.24) is 10.2 Å². The number of carbonyl (C=O) groups is 2. The molecule has 1 saturated heterocycles. The van der Waals surface area contributed by atoms with Gasteiger partial charge in [0, 0.05) is 25.6 Å². The normalized spacial score (nSPS) is 14.5. The maximum atomic E-state index is 13.0. The summed E-state index contributed by atoms with van der Waals surface area (Å²) in [6.45, 7) is 0.428. The summed E-state index contributed by atoms with van der Waals surface area (Å²) in [4.78, 5) is 27.4. The van der Waals surface area contributed by atoms with Crippen molar-refractivity contribution >= 4 is 17.9 Å². The zero-order chi connectivity index (χ0) is 23.6. The van der Waals surface area contributed by atoms with Crippen LogP contribution in [0.3, 0.4) is 0 Å². The molecule has 0 unspecified atom stereocenters. The Morgan fingerprint density at radius 3 is 2.48 bits per heavy atom. The number of nitrogens with one attached hydrogen (secondary N) is 1. The second-order valence-corrected chi connectivity index (χ2v) is 7.63. The summed E-state index contributed by atoms with van der Waals surface area (Å²) in [7, 11) is 0. The van der Waals surface area contributed by atoms with Crippen molar-refractivity contribution in [3.63, 3.8) is 0 Å². The summed E-state index contributed by atoms with van der Waals surface area (Å²) in [6.07, 6.45) is 5.16. The fourth-order valence-corrected chi connectivity index (χ4v) is 3.69. The van der Waals surface area contributed by atoms with Gasteiger partial charge in [-0.2, -0.15) is 8.78 Å². The molecule has 1 N–H and O–H groups in total. The molecular weight excluding hydrogens is 430 g/mol. The van der Waals surface area contributed by atoms with E-state index in [1.54, 1.807) is 17.9 Å². The van der Waals surface area contributed by atoms with Gasteiger partial charge in [0.15, 0.2) is 11.5 Å². The summed E-state index contributed by atoms with van der Waals surface area (Å²) >= 11 is 0. The molecule has 0 spiro atoms. The lowest BCUT2D eigenvalue weighted by Crippen LogP contribution is -2.48. The van der Waals surface area contributed by atoms with Gasteiger partial charge in [0.25, 0.3) is 0 Å². The third-order valence-corrected chi connectivity index (χ3v) is 5.23. The first kappa shape index (κ1) is 24.2. The molecule has 0 radical (unpaired) electrons. The third-order valence-electron chi connectivity index (χ3n) is 5.23. The van der Waals surface area contributed by atoms with Crippen molar-refractivity contribution in [3.05, 3.63) is 65.7 Å². The largest absolute Gasteiger partial charge is 0.490 e. The Labute approximate surface area is 192 Å². The Balaban J connectivity index is 1.71. The van der Waals surface area contributed by atoms with E-state index in [2.05, 4.69) is 10.1 Å². The van der Waals surface area contributed by atoms with E-state index in [4.69, 9.17) is 4.74 Å². The average molecular weight is 459 g/mol. The smallest absolute Gasteiger partial charge is 0.387 e. The zero-order valence-electron chi connectivity index (χ0n) is 18.5. The highest BCUT2D eigenvalue weighted by Gasteiger charge is 2.27. The number of hydrogen-bond donors (Lipinski definition) is 1. The molecule has 3 rings (SSSR count). The highest BCUT2D eigenvalue weighted by atomic mass is 19.3. The van der Waals surface area contributed by atoms with Crippen molar-refractivity contribution in [3.8, 4) is 11.5 Å². The molecular formula is C25H28F2N2O4. The van der Waals surface area contributed by atoms with Crippen LogP contribution in [-0.2, 0) is 16.0 Å². The maximum Gasteiger partial charge on any atom is 0.387 e. The van der Waals surface area contributed by atoms with E-state index >= 15 is 0 Å². The van der Waals surface area contributed by atoms with Gasteiger partial charge >= 0.3 is 6.61 Å². The fourth-order valence-electron chi connectivity index (χ4n) is 3.69. The lowest BCUT2D eigenvalue weighted by molar-refractivity contribution is -0.134. The minimum Gasteiger partial charge on any atom is -0.490 e. The summed E-state index contributed by atoms with van der Waals surface area (Å²) in [6, 6.07) is 13.3. The Morgan fingerprint density at radius 2 is 1.82 bits per heavy atom. The zero-order valence-corrected chi connectivity index (χ0v) is 18.5. The predicted octanol–water partition coefficient (Wildman–Crippen LogP) is 4.05. The minimum atomic E-state index is -2.97. The second-order valence-electron chi connectivity index (χ2n) is 7.63. The Kier molecular flexibility index (Phi) is 8.80. The van der Waals surface area contributed by atoms with Crippen LogP contribution in [0.1, 0.15) is 30.9 Å². The summed E-state index contributed by atoms with van der Waals surface area (Å²) < 4.78 is 35.0. The Hall–Kier alpha value is -3.42. The van der Waals surface area contributed by atoms with Crippen LogP contribution < -0.4 is 14.8 Å². The molecule has 2 amide bonds. The number of halogens is 2. The highest BCUT2D eigenvalue weighted by molar-refractivity contribution is 5.95. The number of hydrogen-bond acceptors (Lipinski definition) is 4. The van der Waals surface area contributed by atoms with Crippen LogP contribution in [0.25, 0.3) is 6.08 Å². The van der Waals surface area contributed by atoms with Crippen molar-refractivity contribution in [2.45, 2.75) is 38.8 Å². The molecule has 2 aromatic carbocycles. The number of nitrogens with zero attached hydrogens (tertiary/aromatic N) is 1. The first-order valence-corrected chi connectivity index (χ1v) is 11.0. The summed E-state index contributed by atoms with van der Waals surface area (Å²) in [5.41, 5.74) is 1.52. The van der Waals surface area contributed by atoms with E-state index in [1.807, 2.05) is 30.3 Å². The molecule has 8 heteroatoms. The predicted molar refractivity (Wildman–Crippen MR) is 121 cm³/mol. The number of rotatable bonds is 10. The van der Waals surface area contributed by atoms with Crippen LogP contribution in [0.5, 0.6) is 11.5 Å². The lowest BCUT2D eigenvalue weighted by Gasteiger charge is -2.23. The number of carbonyl (C=O) groups excluding carboxylic acids is 2. The van der Waals surface area contributed by atoms with Crippen molar-refractivity contribution in [2.24, 2.45) is 0 Å². The van der Waals surface area contributed by atoms with Crippen LogP contribution in [0.2, 0.25) is 0 Å². The van der Waals surface area contributed by atoms with Crippen molar-refractivity contribution in [1.29, 1.82) is 0 Å². The monoisotopic (exact) mass is 458 g/mol. The number of amides is 2. The second kappa shape index (κ2) is 12.0. The van der Waals surface area contributed by atoms with Crippen LogP contribution >= 0.6 is 0 Å². The summed E-state index contributed by atoms with van der Waals surface area (Å²) in [5, 5.41) is 2.82. The van der Waals surface area contributed by atoms with E-state index in [0.717, 1.165) is 18.4 Å². The van der Waals surface area contributed by atoms with E-state index < -0.39 is 18.6 Å². The molecule has 1 fully saturated rings. The molecule has 176 valence electrons. The first-order chi connectivity index (χ1) is 16.0. The fraction of sp³-hybridized carbons (Fsp3) is 0.360. The van der Waals surface area contributed by atoms with E-state index in [-0.39, 0.29) is 24.0 Å². The van der Waals surface area contributed by atoms with Crippen LogP contribution in [-0.4, -0.2) is 49.1 Å². The number of likely N-dealkylation sites (tertiary alicyclic amines) is 1. The van der Waals surface area contributed by atoms with E-state index in [0.29, 0.717) is 25.1 Å². The van der Waals surface area contributed by atoms with Gasteiger partial charge in [-0.1, -0.05) is 36.4 Å². The lowest BCUT2D eigenvalue weighted by atomic mass is 10.0. The number of alkyl halides is 2. The van der Waals surface area contributed by atoms with Gasteiger partial charge in [0.05, 0.1) is 6.61 Å². The number of benzene rings is 2. The topological polar surface area (TPSA) is 67.9 Å². The Morgan fingerprint density at radius 1 is 1.09 bits per heavy atom. The molecule has 0 saturated carbocycles. The highest BCUT2D eigenvalue weighted by Crippen LogP contribution is 2.30. The van der Waals surface area contributed by atoms with Gasteiger partial charge in [-0.05, 0) is 49.1 Å². The van der Waals surface area contributed by atoms with Gasteiger partial charge < -0.3 is 19.7 Å². The Bertz CT molecular complexity index is 960. The van der Waals surface area contributed by atoms with Gasteiger partial charge in [-0.15, -0.1) is 0 Å². The first-order valence-electron chi connectivity index (χ1n) is 11.0. The SMILES string of the molecule is CCOc1cc(/C=C/C(=O)N[C@@H](Cc2ccccc2)C(=O)N2CCCC2)ccc1OC(F)F. The molecule has 0 aromatic heterocycles.